The van der Waals surface area contributed by atoms with Gasteiger partial charge in [0.05, 0.1) is 4.92 Å². The molecule has 0 unspecified atom stereocenters. The predicted octanol–water partition coefficient (Wildman–Crippen LogP) is 1.87. The minimum Gasteiger partial charge on any atom is -0.305 e. The van der Waals surface area contributed by atoms with Crippen LogP contribution in [0.5, 0.6) is 0 Å². The number of hydrogen-bond acceptors (Lipinski definition) is 4. The van der Waals surface area contributed by atoms with Gasteiger partial charge < -0.3 is 4.90 Å². The summed E-state index contributed by atoms with van der Waals surface area (Å²) >= 11 is 0. The maximum absolute atomic E-state index is 14.0. The Labute approximate surface area is 111 Å². The number of nitrogens with zero attached hydrogens (tertiary/aromatic N) is 3. The van der Waals surface area contributed by atoms with Gasteiger partial charge in [0, 0.05) is 31.3 Å². The lowest BCUT2D eigenvalue weighted by Gasteiger charge is -2.20. The SMILES string of the molecule is CN1CCCN(Cc2cccc([N+](=O)[O-])c2F)CC1. The van der Waals surface area contributed by atoms with E-state index < -0.39 is 16.4 Å². The first kappa shape index (κ1) is 13.9. The molecule has 0 aliphatic carbocycles. The highest BCUT2D eigenvalue weighted by atomic mass is 19.1. The summed E-state index contributed by atoms with van der Waals surface area (Å²) in [6.45, 7) is 4.16. The summed E-state index contributed by atoms with van der Waals surface area (Å²) in [7, 11) is 2.07. The molecule has 0 atom stereocenters. The van der Waals surface area contributed by atoms with Crippen molar-refractivity contribution in [2.24, 2.45) is 0 Å². The fraction of sp³-hybridized carbons (Fsp3) is 0.538. The highest BCUT2D eigenvalue weighted by Crippen LogP contribution is 2.21. The first-order valence-electron chi connectivity index (χ1n) is 6.40. The summed E-state index contributed by atoms with van der Waals surface area (Å²) in [6, 6.07) is 4.37. The van der Waals surface area contributed by atoms with Gasteiger partial charge in [-0.2, -0.15) is 4.39 Å². The molecule has 1 aromatic carbocycles. The van der Waals surface area contributed by atoms with Crippen molar-refractivity contribution in [2.75, 3.05) is 33.2 Å². The van der Waals surface area contributed by atoms with Gasteiger partial charge in [-0.3, -0.25) is 15.0 Å². The molecule has 1 aromatic rings. The van der Waals surface area contributed by atoms with E-state index in [4.69, 9.17) is 0 Å². The molecule has 1 fully saturated rings. The summed E-state index contributed by atoms with van der Waals surface area (Å²) in [5.41, 5.74) is -0.0387. The molecule has 104 valence electrons. The van der Waals surface area contributed by atoms with Gasteiger partial charge in [0.25, 0.3) is 0 Å². The molecule has 2 rings (SSSR count). The van der Waals surface area contributed by atoms with E-state index >= 15 is 0 Å². The van der Waals surface area contributed by atoms with Crippen molar-refractivity contribution < 1.29 is 9.31 Å². The molecule has 1 saturated heterocycles. The van der Waals surface area contributed by atoms with Crippen LogP contribution < -0.4 is 0 Å². The zero-order valence-corrected chi connectivity index (χ0v) is 11.0. The summed E-state index contributed by atoms with van der Waals surface area (Å²) in [4.78, 5) is 14.4. The Morgan fingerprint density at radius 3 is 2.84 bits per heavy atom. The monoisotopic (exact) mass is 267 g/mol. The van der Waals surface area contributed by atoms with Crippen molar-refractivity contribution in [1.29, 1.82) is 0 Å². The van der Waals surface area contributed by atoms with Crippen molar-refractivity contribution in [3.05, 3.63) is 39.7 Å². The Hall–Kier alpha value is -1.53. The van der Waals surface area contributed by atoms with Crippen molar-refractivity contribution >= 4 is 5.69 Å². The lowest BCUT2D eigenvalue weighted by molar-refractivity contribution is -0.387. The average molecular weight is 267 g/mol. The molecule has 19 heavy (non-hydrogen) atoms. The lowest BCUT2D eigenvalue weighted by Crippen LogP contribution is -2.28. The highest BCUT2D eigenvalue weighted by Gasteiger charge is 2.19. The molecule has 0 N–H and O–H groups in total. The smallest absolute Gasteiger partial charge is 0.305 e. The van der Waals surface area contributed by atoms with Crippen LogP contribution in [-0.4, -0.2) is 47.9 Å². The van der Waals surface area contributed by atoms with Gasteiger partial charge in [-0.05, 0) is 26.6 Å². The van der Waals surface area contributed by atoms with Crippen LogP contribution in [0.4, 0.5) is 10.1 Å². The van der Waals surface area contributed by atoms with E-state index in [-0.39, 0.29) is 0 Å². The fourth-order valence-corrected chi connectivity index (χ4v) is 2.33. The molecule has 6 heteroatoms. The standard InChI is InChI=1S/C13H18FN3O2/c1-15-6-3-7-16(9-8-15)10-11-4-2-5-12(13(11)14)17(18)19/h2,4-5H,3,6-10H2,1H3. The van der Waals surface area contributed by atoms with E-state index in [9.17, 15) is 14.5 Å². The number of hydrogen-bond donors (Lipinski definition) is 0. The summed E-state index contributed by atoms with van der Waals surface area (Å²) < 4.78 is 14.0. The van der Waals surface area contributed by atoms with E-state index in [1.807, 2.05) is 0 Å². The molecule has 0 spiro atoms. The number of halogens is 1. The third-order valence-electron chi connectivity index (χ3n) is 3.46. The van der Waals surface area contributed by atoms with E-state index in [0.717, 1.165) is 32.6 Å². The number of rotatable bonds is 3. The van der Waals surface area contributed by atoms with Crippen molar-refractivity contribution in [1.82, 2.24) is 9.80 Å². The van der Waals surface area contributed by atoms with E-state index in [1.54, 1.807) is 12.1 Å². The van der Waals surface area contributed by atoms with Gasteiger partial charge in [-0.15, -0.1) is 0 Å². The van der Waals surface area contributed by atoms with E-state index in [0.29, 0.717) is 12.1 Å². The van der Waals surface area contributed by atoms with Crippen LogP contribution in [0.25, 0.3) is 0 Å². The Balaban J connectivity index is 2.10. The molecule has 0 aromatic heterocycles. The topological polar surface area (TPSA) is 49.6 Å². The van der Waals surface area contributed by atoms with Crippen LogP contribution in [0.1, 0.15) is 12.0 Å². The predicted molar refractivity (Wildman–Crippen MR) is 70.4 cm³/mol. The van der Waals surface area contributed by atoms with Crippen molar-refractivity contribution in [3.8, 4) is 0 Å². The quantitative estimate of drug-likeness (QED) is 0.619. The minimum atomic E-state index is -0.704. The van der Waals surface area contributed by atoms with E-state index in [1.165, 1.54) is 6.07 Å². The zero-order chi connectivity index (χ0) is 13.8. The largest absolute Gasteiger partial charge is 0.305 e. The lowest BCUT2D eigenvalue weighted by atomic mass is 10.1. The molecule has 0 bridgehead atoms. The second-order valence-corrected chi connectivity index (χ2v) is 4.94. The molecule has 1 heterocycles. The molecular weight excluding hydrogens is 249 g/mol. The summed E-state index contributed by atoms with van der Waals surface area (Å²) in [6.07, 6.45) is 1.03. The molecule has 1 aliphatic rings. The van der Waals surface area contributed by atoms with Crippen molar-refractivity contribution in [2.45, 2.75) is 13.0 Å². The first-order chi connectivity index (χ1) is 9.08. The summed E-state index contributed by atoms with van der Waals surface area (Å²) in [5.74, 6) is -0.704. The van der Waals surface area contributed by atoms with Crippen LogP contribution in [0.15, 0.2) is 18.2 Å². The third-order valence-corrected chi connectivity index (χ3v) is 3.46. The second-order valence-electron chi connectivity index (χ2n) is 4.94. The maximum atomic E-state index is 14.0. The second kappa shape index (κ2) is 6.08. The van der Waals surface area contributed by atoms with Gasteiger partial charge in [-0.25, -0.2) is 0 Å². The Kier molecular flexibility index (Phi) is 4.44. The first-order valence-corrected chi connectivity index (χ1v) is 6.40. The van der Waals surface area contributed by atoms with Gasteiger partial charge in [0.15, 0.2) is 0 Å². The Morgan fingerprint density at radius 1 is 1.32 bits per heavy atom. The van der Waals surface area contributed by atoms with Crippen LogP contribution >= 0.6 is 0 Å². The molecule has 1 aliphatic heterocycles. The van der Waals surface area contributed by atoms with Gasteiger partial charge in [0.2, 0.25) is 5.82 Å². The number of nitro benzene ring substituents is 1. The van der Waals surface area contributed by atoms with Crippen LogP contribution in [0.2, 0.25) is 0 Å². The van der Waals surface area contributed by atoms with Gasteiger partial charge in [-0.1, -0.05) is 12.1 Å². The molecule has 0 saturated carbocycles. The normalized spacial score (nSPS) is 18.2. The van der Waals surface area contributed by atoms with Crippen LogP contribution in [0, 0.1) is 15.9 Å². The molecular formula is C13H18FN3O2. The van der Waals surface area contributed by atoms with Crippen LogP contribution in [0.3, 0.4) is 0 Å². The average Bonchev–Trinajstić information content (AvgIpc) is 2.57. The fourth-order valence-electron chi connectivity index (χ4n) is 2.33. The number of benzene rings is 1. The maximum Gasteiger partial charge on any atom is 0.305 e. The number of likely N-dealkylation sites (N-methyl/N-ethyl adjacent to an activating group) is 1. The Morgan fingerprint density at radius 2 is 2.11 bits per heavy atom. The zero-order valence-electron chi connectivity index (χ0n) is 11.0. The molecule has 0 amide bonds. The third kappa shape index (κ3) is 3.48. The molecule has 5 nitrogen and oxygen atoms in total. The van der Waals surface area contributed by atoms with Gasteiger partial charge in [0.1, 0.15) is 0 Å². The van der Waals surface area contributed by atoms with E-state index in [2.05, 4.69) is 16.8 Å². The molecule has 0 radical (unpaired) electrons. The summed E-state index contributed by atoms with van der Waals surface area (Å²) in [5, 5.41) is 10.7. The van der Waals surface area contributed by atoms with Crippen LogP contribution in [-0.2, 0) is 6.54 Å². The van der Waals surface area contributed by atoms with Gasteiger partial charge >= 0.3 is 5.69 Å². The van der Waals surface area contributed by atoms with Crippen molar-refractivity contribution in [3.63, 3.8) is 0 Å². The Bertz CT molecular complexity index is 467. The minimum absolute atomic E-state index is 0.402. The number of nitro groups is 1. The highest BCUT2D eigenvalue weighted by molar-refractivity contribution is 5.36.